The molecule has 23 heavy (non-hydrogen) atoms. The number of hydrogen-bond donors (Lipinski definition) is 0. The number of fused-ring (bicyclic) bond motifs is 4. The van der Waals surface area contributed by atoms with Gasteiger partial charge in [-0.2, -0.15) is 0 Å². The van der Waals surface area contributed by atoms with Crippen LogP contribution in [0.15, 0.2) is 29.4 Å². The fraction of sp³-hybridized carbons (Fsp3) is 0.438. The lowest BCUT2D eigenvalue weighted by molar-refractivity contribution is -0.140. The highest BCUT2D eigenvalue weighted by Crippen LogP contribution is 2.33. The molecular formula is C16H17FN4OS. The number of nitrogens with zero attached hydrogens (tertiary/aromatic N) is 4. The Balaban J connectivity index is 1.61. The van der Waals surface area contributed by atoms with E-state index in [2.05, 4.69) is 9.97 Å². The van der Waals surface area contributed by atoms with Gasteiger partial charge in [0.1, 0.15) is 0 Å². The minimum absolute atomic E-state index is 0.0695. The Labute approximate surface area is 137 Å². The normalized spacial score (nSPS) is 24.1. The number of aromatic nitrogens is 2. The average molecular weight is 332 g/mol. The predicted molar refractivity (Wildman–Crippen MR) is 85.6 cm³/mol. The molecule has 3 aliphatic rings. The van der Waals surface area contributed by atoms with E-state index in [0.29, 0.717) is 25.3 Å². The summed E-state index contributed by atoms with van der Waals surface area (Å²) in [7, 11) is 0. The molecule has 0 aromatic carbocycles. The van der Waals surface area contributed by atoms with Crippen LogP contribution in [0.1, 0.15) is 18.5 Å². The number of rotatable bonds is 3. The van der Waals surface area contributed by atoms with E-state index in [1.165, 1.54) is 17.5 Å². The summed E-state index contributed by atoms with van der Waals surface area (Å²) in [5, 5.41) is 1.98. The second-order valence-electron chi connectivity index (χ2n) is 6.11. The number of carbonyl (C=O) groups excluding carboxylic acids is 1. The molecule has 2 aromatic heterocycles. The quantitative estimate of drug-likeness (QED) is 0.865. The molecule has 2 bridgehead atoms. The highest BCUT2D eigenvalue weighted by Gasteiger charge is 2.41. The lowest BCUT2D eigenvalue weighted by Crippen LogP contribution is -2.47. The number of piperidine rings is 1. The van der Waals surface area contributed by atoms with E-state index >= 15 is 0 Å². The van der Waals surface area contributed by atoms with Gasteiger partial charge in [0, 0.05) is 30.7 Å². The summed E-state index contributed by atoms with van der Waals surface area (Å²) in [6.07, 6.45) is 4.67. The number of thiazole rings is 1. The van der Waals surface area contributed by atoms with Gasteiger partial charge in [-0.3, -0.25) is 9.78 Å². The number of anilines is 1. The molecule has 5 rings (SSSR count). The van der Waals surface area contributed by atoms with Crippen molar-refractivity contribution >= 4 is 22.9 Å². The number of amides is 1. The van der Waals surface area contributed by atoms with Crippen molar-refractivity contribution in [3.8, 4) is 0 Å². The fourth-order valence-electron chi connectivity index (χ4n) is 3.56. The molecule has 7 heteroatoms. The average Bonchev–Trinajstić information content (AvgIpc) is 2.92. The highest BCUT2D eigenvalue weighted by molar-refractivity contribution is 7.07. The van der Waals surface area contributed by atoms with E-state index in [-0.39, 0.29) is 23.7 Å². The SMILES string of the molecule is O=C1[C@H]2CC[C@H](CN(c3ccncc3F)C2)N1Cc1cscn1. The van der Waals surface area contributed by atoms with Gasteiger partial charge < -0.3 is 9.80 Å². The number of pyridine rings is 1. The molecule has 0 N–H and O–H groups in total. The van der Waals surface area contributed by atoms with E-state index < -0.39 is 0 Å². The summed E-state index contributed by atoms with van der Waals surface area (Å²) in [6, 6.07) is 1.80. The zero-order valence-electron chi connectivity index (χ0n) is 12.6. The van der Waals surface area contributed by atoms with Crippen LogP contribution in [-0.4, -0.2) is 39.9 Å². The van der Waals surface area contributed by atoms with Crippen molar-refractivity contribution in [2.24, 2.45) is 5.92 Å². The first-order chi connectivity index (χ1) is 11.2. The zero-order chi connectivity index (χ0) is 15.8. The van der Waals surface area contributed by atoms with Crippen LogP contribution in [-0.2, 0) is 11.3 Å². The molecule has 0 spiro atoms. The highest BCUT2D eigenvalue weighted by atomic mass is 32.1. The van der Waals surface area contributed by atoms with Crippen LogP contribution in [0, 0.1) is 11.7 Å². The third-order valence-corrected chi connectivity index (χ3v) is 5.34. The summed E-state index contributed by atoms with van der Waals surface area (Å²) >= 11 is 1.54. The molecule has 5 heterocycles. The largest absolute Gasteiger partial charge is 0.366 e. The predicted octanol–water partition coefficient (Wildman–Crippen LogP) is 2.30. The first kappa shape index (κ1) is 14.6. The van der Waals surface area contributed by atoms with Crippen LogP contribution < -0.4 is 4.90 Å². The summed E-state index contributed by atoms with van der Waals surface area (Å²) < 4.78 is 14.1. The van der Waals surface area contributed by atoms with Gasteiger partial charge in [-0.15, -0.1) is 11.3 Å². The van der Waals surface area contributed by atoms with Gasteiger partial charge in [-0.1, -0.05) is 0 Å². The lowest BCUT2D eigenvalue weighted by Gasteiger charge is -2.35. The second kappa shape index (κ2) is 5.88. The molecule has 0 aliphatic carbocycles. The summed E-state index contributed by atoms with van der Waals surface area (Å²) in [6.45, 7) is 1.79. The minimum atomic E-state index is -0.327. The lowest BCUT2D eigenvalue weighted by atomic mass is 9.94. The fourth-order valence-corrected chi connectivity index (χ4v) is 4.11. The van der Waals surface area contributed by atoms with Crippen LogP contribution in [0.4, 0.5) is 10.1 Å². The van der Waals surface area contributed by atoms with Crippen LogP contribution in [0.25, 0.3) is 0 Å². The van der Waals surface area contributed by atoms with E-state index in [4.69, 9.17) is 0 Å². The van der Waals surface area contributed by atoms with E-state index in [1.54, 1.807) is 17.8 Å². The minimum Gasteiger partial charge on any atom is -0.366 e. The molecule has 3 saturated heterocycles. The molecule has 120 valence electrons. The Morgan fingerprint density at radius 1 is 1.35 bits per heavy atom. The van der Waals surface area contributed by atoms with Gasteiger partial charge in [0.05, 0.1) is 35.6 Å². The van der Waals surface area contributed by atoms with Crippen molar-refractivity contribution in [1.29, 1.82) is 0 Å². The van der Waals surface area contributed by atoms with Gasteiger partial charge in [-0.05, 0) is 18.9 Å². The third kappa shape index (κ3) is 2.69. The molecular weight excluding hydrogens is 315 g/mol. The van der Waals surface area contributed by atoms with Crippen molar-refractivity contribution < 1.29 is 9.18 Å². The summed E-state index contributed by atoms with van der Waals surface area (Å²) in [5.41, 5.74) is 3.26. The van der Waals surface area contributed by atoms with E-state index in [9.17, 15) is 9.18 Å². The topological polar surface area (TPSA) is 49.3 Å². The molecule has 0 unspecified atom stereocenters. The monoisotopic (exact) mass is 332 g/mol. The van der Waals surface area contributed by atoms with Gasteiger partial charge in [0.2, 0.25) is 5.91 Å². The van der Waals surface area contributed by atoms with E-state index in [0.717, 1.165) is 18.5 Å². The van der Waals surface area contributed by atoms with Crippen molar-refractivity contribution in [1.82, 2.24) is 14.9 Å². The van der Waals surface area contributed by atoms with Gasteiger partial charge in [0.15, 0.2) is 5.82 Å². The molecule has 3 fully saturated rings. The maximum Gasteiger partial charge on any atom is 0.228 e. The Hall–Kier alpha value is -2.02. The maximum atomic E-state index is 14.1. The second-order valence-corrected chi connectivity index (χ2v) is 6.82. The van der Waals surface area contributed by atoms with Crippen LogP contribution >= 0.6 is 11.3 Å². The zero-order valence-corrected chi connectivity index (χ0v) is 13.4. The Bertz CT molecular complexity index is 708. The molecule has 2 atom stereocenters. The number of halogens is 1. The Morgan fingerprint density at radius 2 is 2.26 bits per heavy atom. The summed E-state index contributed by atoms with van der Waals surface area (Å²) in [5.74, 6) is -0.224. The molecule has 5 nitrogen and oxygen atoms in total. The molecule has 0 saturated carbocycles. The first-order valence-corrected chi connectivity index (χ1v) is 8.68. The van der Waals surface area contributed by atoms with Crippen molar-refractivity contribution in [3.63, 3.8) is 0 Å². The van der Waals surface area contributed by atoms with E-state index in [1.807, 2.05) is 15.2 Å². The van der Waals surface area contributed by atoms with Gasteiger partial charge in [-0.25, -0.2) is 9.37 Å². The first-order valence-electron chi connectivity index (χ1n) is 7.74. The molecule has 3 aliphatic heterocycles. The van der Waals surface area contributed by atoms with Crippen LogP contribution in [0.5, 0.6) is 0 Å². The van der Waals surface area contributed by atoms with Crippen LogP contribution in [0.2, 0.25) is 0 Å². The van der Waals surface area contributed by atoms with Crippen LogP contribution in [0.3, 0.4) is 0 Å². The van der Waals surface area contributed by atoms with Crippen molar-refractivity contribution in [2.75, 3.05) is 18.0 Å². The smallest absolute Gasteiger partial charge is 0.228 e. The Kier molecular flexibility index (Phi) is 3.72. The number of hydrogen-bond acceptors (Lipinski definition) is 5. The van der Waals surface area contributed by atoms with Crippen molar-refractivity contribution in [3.05, 3.63) is 40.9 Å². The maximum absolute atomic E-state index is 14.1. The number of carbonyl (C=O) groups is 1. The summed E-state index contributed by atoms with van der Waals surface area (Å²) in [4.78, 5) is 24.8. The Morgan fingerprint density at radius 3 is 3.04 bits per heavy atom. The van der Waals surface area contributed by atoms with Gasteiger partial charge in [0.25, 0.3) is 0 Å². The van der Waals surface area contributed by atoms with Gasteiger partial charge >= 0.3 is 0 Å². The molecule has 2 aromatic rings. The third-order valence-electron chi connectivity index (χ3n) is 4.70. The standard InChI is InChI=1S/C16H17FN4OS/c17-14-5-18-4-3-15(14)20-6-11-1-2-13(8-20)21(16(11)22)7-12-9-23-10-19-12/h3-5,9-11,13H,1-2,6-8H2/t11-,13+/m0/s1. The molecule has 1 amide bonds. The molecule has 0 radical (unpaired) electrons. The van der Waals surface area contributed by atoms with Crippen molar-refractivity contribution in [2.45, 2.75) is 25.4 Å².